The SMILES string of the molecule is Cc1cccc(Cl)c1Cn1c(-c2ccccc2OCC(N)=O)nc2ccccc21. The van der Waals surface area contributed by atoms with Crippen molar-refractivity contribution in [3.05, 3.63) is 82.9 Å². The van der Waals surface area contributed by atoms with Gasteiger partial charge in [-0.15, -0.1) is 0 Å². The molecular weight excluding hydrogens is 386 g/mol. The van der Waals surface area contributed by atoms with Gasteiger partial charge in [-0.1, -0.05) is 48.0 Å². The number of nitrogens with two attached hydrogens (primary N) is 1. The molecule has 0 atom stereocenters. The van der Waals surface area contributed by atoms with Crippen LogP contribution in [0, 0.1) is 6.92 Å². The van der Waals surface area contributed by atoms with Crippen molar-refractivity contribution in [2.75, 3.05) is 6.61 Å². The summed E-state index contributed by atoms with van der Waals surface area (Å²) in [6.45, 7) is 2.41. The third-order valence-electron chi connectivity index (χ3n) is 4.82. The number of nitrogens with zero attached hydrogens (tertiary/aromatic N) is 2. The van der Waals surface area contributed by atoms with E-state index in [1.165, 1.54) is 0 Å². The number of carbonyl (C=O) groups excluding carboxylic acids is 1. The highest BCUT2D eigenvalue weighted by molar-refractivity contribution is 6.31. The van der Waals surface area contributed by atoms with E-state index in [0.29, 0.717) is 17.3 Å². The van der Waals surface area contributed by atoms with Gasteiger partial charge in [0.05, 0.1) is 23.1 Å². The summed E-state index contributed by atoms with van der Waals surface area (Å²) < 4.78 is 7.77. The highest BCUT2D eigenvalue weighted by Gasteiger charge is 2.18. The van der Waals surface area contributed by atoms with Crippen LogP contribution in [0.4, 0.5) is 0 Å². The molecule has 4 aromatic rings. The number of rotatable bonds is 6. The van der Waals surface area contributed by atoms with Gasteiger partial charge in [-0.3, -0.25) is 4.79 Å². The van der Waals surface area contributed by atoms with E-state index in [4.69, 9.17) is 27.1 Å². The molecule has 0 unspecified atom stereocenters. The summed E-state index contributed by atoms with van der Waals surface area (Å²) >= 11 is 6.50. The molecule has 6 heteroatoms. The molecule has 0 aliphatic heterocycles. The summed E-state index contributed by atoms with van der Waals surface area (Å²) in [5.41, 5.74) is 10.1. The lowest BCUT2D eigenvalue weighted by molar-refractivity contribution is -0.119. The van der Waals surface area contributed by atoms with Crippen molar-refractivity contribution in [1.82, 2.24) is 9.55 Å². The summed E-state index contributed by atoms with van der Waals surface area (Å²) in [5.74, 6) is 0.768. The number of hydrogen-bond acceptors (Lipinski definition) is 3. The Hall–Kier alpha value is -3.31. The van der Waals surface area contributed by atoms with E-state index in [0.717, 1.165) is 33.5 Å². The quantitative estimate of drug-likeness (QED) is 0.510. The molecule has 4 rings (SSSR count). The van der Waals surface area contributed by atoms with Gasteiger partial charge in [0, 0.05) is 5.02 Å². The number of amides is 1. The van der Waals surface area contributed by atoms with E-state index in [2.05, 4.69) is 4.57 Å². The van der Waals surface area contributed by atoms with Gasteiger partial charge in [-0.05, 0) is 48.4 Å². The van der Waals surface area contributed by atoms with Crippen molar-refractivity contribution in [3.63, 3.8) is 0 Å². The van der Waals surface area contributed by atoms with Crippen LogP contribution in [0.5, 0.6) is 5.75 Å². The fourth-order valence-electron chi connectivity index (χ4n) is 3.39. The van der Waals surface area contributed by atoms with Gasteiger partial charge in [0.1, 0.15) is 11.6 Å². The molecule has 3 aromatic carbocycles. The zero-order valence-corrected chi connectivity index (χ0v) is 16.7. The smallest absolute Gasteiger partial charge is 0.255 e. The molecule has 2 N–H and O–H groups in total. The first kappa shape index (κ1) is 19.0. The maximum absolute atomic E-state index is 11.2. The second-order valence-electron chi connectivity index (χ2n) is 6.80. The molecular formula is C23H20ClN3O2. The third-order valence-corrected chi connectivity index (χ3v) is 5.18. The van der Waals surface area contributed by atoms with Crippen molar-refractivity contribution < 1.29 is 9.53 Å². The number of para-hydroxylation sites is 3. The Morgan fingerprint density at radius 1 is 1.07 bits per heavy atom. The fraction of sp³-hybridized carbons (Fsp3) is 0.130. The summed E-state index contributed by atoms with van der Waals surface area (Å²) in [6, 6.07) is 21.3. The Balaban J connectivity index is 1.88. The average Bonchev–Trinajstić information content (AvgIpc) is 3.08. The highest BCUT2D eigenvalue weighted by Crippen LogP contribution is 2.33. The second kappa shape index (κ2) is 7.97. The standard InChI is InChI=1S/C23H20ClN3O2/c1-15-7-6-9-18(24)17(15)13-27-20-11-4-3-10-19(20)26-23(27)16-8-2-5-12-21(16)29-14-22(25)28/h2-12H,13-14H2,1H3,(H2,25,28). The molecule has 1 aromatic heterocycles. The molecule has 0 aliphatic carbocycles. The van der Waals surface area contributed by atoms with Gasteiger partial charge in [0.15, 0.2) is 6.61 Å². The predicted molar refractivity (Wildman–Crippen MR) is 115 cm³/mol. The van der Waals surface area contributed by atoms with E-state index < -0.39 is 5.91 Å². The molecule has 5 nitrogen and oxygen atoms in total. The second-order valence-corrected chi connectivity index (χ2v) is 7.20. The van der Waals surface area contributed by atoms with Gasteiger partial charge in [0.2, 0.25) is 0 Å². The molecule has 29 heavy (non-hydrogen) atoms. The largest absolute Gasteiger partial charge is 0.483 e. The molecule has 0 radical (unpaired) electrons. The van der Waals surface area contributed by atoms with Crippen LogP contribution in [0.15, 0.2) is 66.7 Å². The molecule has 146 valence electrons. The van der Waals surface area contributed by atoms with Gasteiger partial charge in [0.25, 0.3) is 5.91 Å². The fourth-order valence-corrected chi connectivity index (χ4v) is 3.67. The van der Waals surface area contributed by atoms with Crippen molar-refractivity contribution in [3.8, 4) is 17.1 Å². The lowest BCUT2D eigenvalue weighted by atomic mass is 10.1. The van der Waals surface area contributed by atoms with Crippen LogP contribution >= 0.6 is 11.6 Å². The van der Waals surface area contributed by atoms with E-state index >= 15 is 0 Å². The Labute approximate surface area is 173 Å². The van der Waals surface area contributed by atoms with Crippen LogP contribution in [-0.2, 0) is 11.3 Å². The number of benzene rings is 3. The molecule has 0 aliphatic rings. The number of imidazole rings is 1. The maximum atomic E-state index is 11.2. The zero-order chi connectivity index (χ0) is 20.4. The molecule has 0 bridgehead atoms. The van der Waals surface area contributed by atoms with Gasteiger partial charge < -0.3 is 15.0 Å². The number of halogens is 1. The van der Waals surface area contributed by atoms with Crippen LogP contribution in [0.1, 0.15) is 11.1 Å². The number of carbonyl (C=O) groups is 1. The minimum Gasteiger partial charge on any atom is -0.483 e. The van der Waals surface area contributed by atoms with Crippen molar-refractivity contribution in [2.45, 2.75) is 13.5 Å². The molecule has 1 amide bonds. The average molecular weight is 406 g/mol. The molecule has 0 saturated heterocycles. The molecule has 0 saturated carbocycles. The minimum absolute atomic E-state index is 0.194. The molecule has 0 spiro atoms. The Morgan fingerprint density at radius 2 is 1.83 bits per heavy atom. The van der Waals surface area contributed by atoms with Crippen molar-refractivity contribution >= 4 is 28.5 Å². The number of fused-ring (bicyclic) bond motifs is 1. The van der Waals surface area contributed by atoms with E-state index in [-0.39, 0.29) is 6.61 Å². The summed E-state index contributed by atoms with van der Waals surface area (Å²) in [5, 5.41) is 0.715. The summed E-state index contributed by atoms with van der Waals surface area (Å²) in [4.78, 5) is 16.1. The number of primary amides is 1. The maximum Gasteiger partial charge on any atom is 0.255 e. The molecule has 1 heterocycles. The minimum atomic E-state index is -0.528. The van der Waals surface area contributed by atoms with E-state index in [1.807, 2.05) is 73.7 Å². The lowest BCUT2D eigenvalue weighted by Crippen LogP contribution is -2.20. The number of aryl methyl sites for hydroxylation is 1. The van der Waals surface area contributed by atoms with Gasteiger partial charge >= 0.3 is 0 Å². The number of hydrogen-bond donors (Lipinski definition) is 1. The monoisotopic (exact) mass is 405 g/mol. The molecule has 0 fully saturated rings. The van der Waals surface area contributed by atoms with Crippen molar-refractivity contribution in [1.29, 1.82) is 0 Å². The Morgan fingerprint density at radius 3 is 2.62 bits per heavy atom. The number of aromatic nitrogens is 2. The van der Waals surface area contributed by atoms with Gasteiger partial charge in [-0.2, -0.15) is 0 Å². The van der Waals surface area contributed by atoms with Crippen LogP contribution in [0.25, 0.3) is 22.4 Å². The van der Waals surface area contributed by atoms with E-state index in [1.54, 1.807) is 0 Å². The van der Waals surface area contributed by atoms with Crippen molar-refractivity contribution in [2.24, 2.45) is 5.73 Å². The van der Waals surface area contributed by atoms with Crippen LogP contribution in [0.2, 0.25) is 5.02 Å². The van der Waals surface area contributed by atoms with Crippen LogP contribution in [0.3, 0.4) is 0 Å². The predicted octanol–water partition coefficient (Wildman–Crippen LogP) is 4.58. The van der Waals surface area contributed by atoms with E-state index in [9.17, 15) is 4.79 Å². The summed E-state index contributed by atoms with van der Waals surface area (Å²) in [7, 11) is 0. The zero-order valence-electron chi connectivity index (χ0n) is 15.9. The normalized spacial score (nSPS) is 11.0. The first-order chi connectivity index (χ1) is 14.0. The number of ether oxygens (including phenoxy) is 1. The summed E-state index contributed by atoms with van der Waals surface area (Å²) in [6.07, 6.45) is 0. The third kappa shape index (κ3) is 3.82. The first-order valence-corrected chi connectivity index (χ1v) is 9.62. The van der Waals surface area contributed by atoms with Gasteiger partial charge in [-0.25, -0.2) is 4.98 Å². The Kier molecular flexibility index (Phi) is 5.23. The topological polar surface area (TPSA) is 70.1 Å². The highest BCUT2D eigenvalue weighted by atomic mass is 35.5. The van der Waals surface area contributed by atoms with Crippen LogP contribution in [-0.4, -0.2) is 22.1 Å². The lowest BCUT2D eigenvalue weighted by Gasteiger charge is -2.15. The Bertz CT molecular complexity index is 1180. The first-order valence-electron chi connectivity index (χ1n) is 9.24. The van der Waals surface area contributed by atoms with Crippen LogP contribution < -0.4 is 10.5 Å².